The molecule has 0 saturated heterocycles. The second-order valence-electron chi connectivity index (χ2n) is 7.32. The molecular formula is C20H24N6O5S. The number of hydrogen-bond donors (Lipinski definition) is 2. The summed E-state index contributed by atoms with van der Waals surface area (Å²) in [5.74, 6) is -0.227. The van der Waals surface area contributed by atoms with E-state index in [1.54, 1.807) is 4.52 Å². The molecule has 0 saturated carbocycles. The van der Waals surface area contributed by atoms with Crippen molar-refractivity contribution in [3.8, 4) is 0 Å². The molecule has 0 radical (unpaired) electrons. The number of rotatable bonds is 9. The van der Waals surface area contributed by atoms with Gasteiger partial charge >= 0.3 is 0 Å². The lowest BCUT2D eigenvalue weighted by molar-refractivity contribution is -0.385. The van der Waals surface area contributed by atoms with Crippen LogP contribution in [-0.4, -0.2) is 46.9 Å². The van der Waals surface area contributed by atoms with E-state index in [1.165, 1.54) is 18.2 Å². The zero-order valence-corrected chi connectivity index (χ0v) is 18.8. The van der Waals surface area contributed by atoms with Crippen molar-refractivity contribution in [3.05, 3.63) is 63.1 Å². The molecule has 0 atom stereocenters. The first kappa shape index (κ1) is 23.3. The number of aryl methyl sites for hydroxylation is 3. The molecule has 32 heavy (non-hydrogen) atoms. The number of aromatic nitrogens is 3. The van der Waals surface area contributed by atoms with Crippen LogP contribution in [0.3, 0.4) is 0 Å². The molecular weight excluding hydrogens is 436 g/mol. The highest BCUT2D eigenvalue weighted by Gasteiger charge is 2.17. The summed E-state index contributed by atoms with van der Waals surface area (Å²) < 4.78 is 28.7. The van der Waals surface area contributed by atoms with Crippen molar-refractivity contribution >= 4 is 27.3 Å². The molecule has 0 aliphatic heterocycles. The number of nitrogens with one attached hydrogen (secondary N) is 2. The fourth-order valence-corrected chi connectivity index (χ4v) is 4.44. The van der Waals surface area contributed by atoms with Crippen LogP contribution in [0.15, 0.2) is 35.2 Å². The first-order chi connectivity index (χ1) is 15.1. The number of hydrogen-bond acceptors (Lipinski definition) is 7. The topological polar surface area (TPSA) is 149 Å². The minimum absolute atomic E-state index is 0.0467. The lowest BCUT2D eigenvalue weighted by atomic mass is 10.1. The quantitative estimate of drug-likeness (QED) is 0.280. The second kappa shape index (κ2) is 9.40. The minimum atomic E-state index is -3.92. The van der Waals surface area contributed by atoms with E-state index in [2.05, 4.69) is 20.1 Å². The fourth-order valence-electron chi connectivity index (χ4n) is 3.36. The van der Waals surface area contributed by atoms with Crippen molar-refractivity contribution in [2.45, 2.75) is 38.5 Å². The maximum atomic E-state index is 12.3. The predicted molar refractivity (Wildman–Crippen MR) is 117 cm³/mol. The average molecular weight is 461 g/mol. The van der Waals surface area contributed by atoms with Crippen LogP contribution in [0.4, 0.5) is 5.69 Å². The maximum Gasteiger partial charge on any atom is 0.270 e. The van der Waals surface area contributed by atoms with E-state index in [0.29, 0.717) is 6.42 Å². The first-order valence-corrected chi connectivity index (χ1v) is 11.4. The van der Waals surface area contributed by atoms with E-state index in [4.69, 9.17) is 0 Å². The molecule has 0 aliphatic carbocycles. The van der Waals surface area contributed by atoms with Gasteiger partial charge in [0.15, 0.2) is 5.65 Å². The monoisotopic (exact) mass is 460 g/mol. The number of carbonyl (C=O) groups is 1. The van der Waals surface area contributed by atoms with Gasteiger partial charge in [0.1, 0.15) is 0 Å². The first-order valence-electron chi connectivity index (χ1n) is 9.92. The normalized spacial score (nSPS) is 11.6. The van der Waals surface area contributed by atoms with Crippen molar-refractivity contribution in [1.82, 2.24) is 24.6 Å². The van der Waals surface area contributed by atoms with Crippen molar-refractivity contribution in [2.24, 2.45) is 0 Å². The zero-order valence-electron chi connectivity index (χ0n) is 18.0. The summed E-state index contributed by atoms with van der Waals surface area (Å²) in [4.78, 5) is 26.7. The summed E-state index contributed by atoms with van der Waals surface area (Å²) in [6.07, 6.45) is 0.692. The molecule has 0 spiro atoms. The summed E-state index contributed by atoms with van der Waals surface area (Å²) in [6.45, 7) is 5.76. The Labute approximate surface area is 185 Å². The van der Waals surface area contributed by atoms with Crippen LogP contribution in [0.2, 0.25) is 0 Å². The minimum Gasteiger partial charge on any atom is -0.355 e. The summed E-state index contributed by atoms with van der Waals surface area (Å²) in [5.41, 5.74) is 4.03. The fraction of sp³-hybridized carbons (Fsp3) is 0.350. The van der Waals surface area contributed by atoms with Gasteiger partial charge in [-0.2, -0.15) is 5.10 Å². The predicted octanol–water partition coefficient (Wildman–Crippen LogP) is 1.59. The number of nitro groups is 1. The third-order valence-corrected chi connectivity index (χ3v) is 6.42. The lowest BCUT2D eigenvalue weighted by Crippen LogP contribution is -2.34. The van der Waals surface area contributed by atoms with E-state index in [1.807, 2.05) is 26.8 Å². The van der Waals surface area contributed by atoms with Gasteiger partial charge in [0.25, 0.3) is 5.69 Å². The third-order valence-electron chi connectivity index (χ3n) is 4.97. The number of sulfonamides is 1. The van der Waals surface area contributed by atoms with Gasteiger partial charge in [-0.05, 0) is 38.8 Å². The van der Waals surface area contributed by atoms with Crippen LogP contribution in [0.25, 0.3) is 5.65 Å². The standard InChI is InChI=1S/C20H24N6O5S/c1-13-11-19-23-14(2)18(15(3)25(19)24-13)7-8-20(27)21-9-10-22-32(30,31)17-6-4-5-16(12-17)26(28)29/h4-6,11-12,22H,7-10H2,1-3H3,(H,21,27). The number of non-ortho nitro benzene ring substituents is 1. The molecule has 12 heteroatoms. The highest BCUT2D eigenvalue weighted by Crippen LogP contribution is 2.18. The third kappa shape index (κ3) is 5.26. The number of nitrogens with zero attached hydrogens (tertiary/aromatic N) is 4. The van der Waals surface area contributed by atoms with Crippen LogP contribution in [0, 0.1) is 30.9 Å². The highest BCUT2D eigenvalue weighted by atomic mass is 32.2. The number of amides is 1. The van der Waals surface area contributed by atoms with E-state index in [9.17, 15) is 23.3 Å². The lowest BCUT2D eigenvalue weighted by Gasteiger charge is -2.11. The van der Waals surface area contributed by atoms with Gasteiger partial charge in [-0.25, -0.2) is 22.6 Å². The SMILES string of the molecule is Cc1cc2nc(C)c(CCC(=O)NCCNS(=O)(=O)c3cccc([N+](=O)[O-])c3)c(C)n2n1. The van der Waals surface area contributed by atoms with E-state index in [0.717, 1.165) is 34.4 Å². The Morgan fingerprint density at radius 2 is 1.94 bits per heavy atom. The Morgan fingerprint density at radius 3 is 2.66 bits per heavy atom. The van der Waals surface area contributed by atoms with Gasteiger partial charge in [-0.15, -0.1) is 0 Å². The van der Waals surface area contributed by atoms with Gasteiger partial charge < -0.3 is 5.32 Å². The molecule has 0 fully saturated rings. The Kier molecular flexibility index (Phi) is 6.84. The Morgan fingerprint density at radius 1 is 1.19 bits per heavy atom. The van der Waals surface area contributed by atoms with Crippen molar-refractivity contribution < 1.29 is 18.1 Å². The van der Waals surface area contributed by atoms with Crippen molar-refractivity contribution in [1.29, 1.82) is 0 Å². The number of benzene rings is 1. The zero-order chi connectivity index (χ0) is 23.5. The molecule has 2 heterocycles. The van der Waals surface area contributed by atoms with Gasteiger partial charge in [-0.1, -0.05) is 6.07 Å². The molecule has 0 unspecified atom stereocenters. The molecule has 11 nitrogen and oxygen atoms in total. The molecule has 3 rings (SSSR count). The van der Waals surface area contributed by atoms with Crippen LogP contribution >= 0.6 is 0 Å². The Hall–Kier alpha value is -3.38. The van der Waals surface area contributed by atoms with Gasteiger partial charge in [0.05, 0.1) is 15.5 Å². The Bertz CT molecular complexity index is 1290. The van der Waals surface area contributed by atoms with Crippen LogP contribution < -0.4 is 10.0 Å². The molecule has 0 aliphatic rings. The van der Waals surface area contributed by atoms with E-state index in [-0.39, 0.29) is 36.0 Å². The second-order valence-corrected chi connectivity index (χ2v) is 9.09. The van der Waals surface area contributed by atoms with Gasteiger partial charge in [0.2, 0.25) is 15.9 Å². The molecule has 0 bridgehead atoms. The number of carbonyl (C=O) groups excluding carboxylic acids is 1. The molecule has 3 aromatic rings. The molecule has 2 aromatic heterocycles. The summed E-state index contributed by atoms with van der Waals surface area (Å²) >= 11 is 0. The largest absolute Gasteiger partial charge is 0.355 e. The number of fused-ring (bicyclic) bond motifs is 1. The van der Waals surface area contributed by atoms with Gasteiger partial charge in [0, 0.05) is 49.1 Å². The van der Waals surface area contributed by atoms with Gasteiger partial charge in [-0.3, -0.25) is 14.9 Å². The maximum absolute atomic E-state index is 12.3. The van der Waals surface area contributed by atoms with Crippen molar-refractivity contribution in [2.75, 3.05) is 13.1 Å². The molecule has 1 amide bonds. The van der Waals surface area contributed by atoms with Crippen LogP contribution in [0.1, 0.15) is 29.1 Å². The summed E-state index contributed by atoms with van der Waals surface area (Å²) in [6, 6.07) is 6.66. The smallest absolute Gasteiger partial charge is 0.270 e. The summed E-state index contributed by atoms with van der Waals surface area (Å²) in [5, 5.41) is 17.9. The van der Waals surface area contributed by atoms with Crippen LogP contribution in [-0.2, 0) is 21.2 Å². The average Bonchev–Trinajstić information content (AvgIpc) is 3.11. The molecule has 1 aromatic carbocycles. The number of nitro benzene ring substituents is 1. The highest BCUT2D eigenvalue weighted by molar-refractivity contribution is 7.89. The van der Waals surface area contributed by atoms with E-state index >= 15 is 0 Å². The van der Waals surface area contributed by atoms with E-state index < -0.39 is 14.9 Å². The summed E-state index contributed by atoms with van der Waals surface area (Å²) in [7, 11) is -3.92. The Balaban J connectivity index is 1.51. The van der Waals surface area contributed by atoms with Crippen LogP contribution in [0.5, 0.6) is 0 Å². The molecule has 2 N–H and O–H groups in total. The van der Waals surface area contributed by atoms with Crippen molar-refractivity contribution in [3.63, 3.8) is 0 Å². The molecule has 170 valence electrons.